The zero-order valence-electron chi connectivity index (χ0n) is 17.9. The standard InChI is InChI=1S/C24H28N2O5/c1-4-14(2)21(22(27)25-15(3)23(28)29)26-24(30)31-13-20-18-11-7-5-9-16(18)17-10-6-8-12-19(17)20/h5-12,14-15,20-21H,4,13H2,1-3H3,(H,25,27)(H,26,30)(H,28,29)/t14?,15-,21+/m1/s1. The summed E-state index contributed by atoms with van der Waals surface area (Å²) in [6, 6.07) is 14.1. The Morgan fingerprint density at radius 3 is 2.03 bits per heavy atom. The molecule has 0 aliphatic heterocycles. The Balaban J connectivity index is 1.68. The number of fused-ring (bicyclic) bond motifs is 3. The smallest absolute Gasteiger partial charge is 0.407 e. The third-order valence-electron chi connectivity index (χ3n) is 5.84. The Morgan fingerprint density at radius 1 is 0.968 bits per heavy atom. The lowest BCUT2D eigenvalue weighted by Gasteiger charge is -2.24. The molecule has 0 radical (unpaired) electrons. The summed E-state index contributed by atoms with van der Waals surface area (Å²) in [5, 5.41) is 14.1. The van der Waals surface area contributed by atoms with Gasteiger partial charge in [0.1, 0.15) is 18.7 Å². The number of carbonyl (C=O) groups is 3. The number of alkyl carbamates (subject to hydrolysis) is 1. The van der Waals surface area contributed by atoms with Crippen molar-refractivity contribution in [3.63, 3.8) is 0 Å². The summed E-state index contributed by atoms with van der Waals surface area (Å²) in [6.07, 6.45) is -0.0753. The van der Waals surface area contributed by atoms with E-state index in [2.05, 4.69) is 22.8 Å². The SMILES string of the molecule is CCC(C)[C@H](NC(=O)OCC1c2ccccc2-c2ccccc21)C(=O)N[C@H](C)C(=O)O. The van der Waals surface area contributed by atoms with Gasteiger partial charge in [0.25, 0.3) is 0 Å². The van der Waals surface area contributed by atoms with Crippen molar-refractivity contribution in [1.82, 2.24) is 10.6 Å². The van der Waals surface area contributed by atoms with Crippen LogP contribution in [0.15, 0.2) is 48.5 Å². The predicted molar refractivity (Wildman–Crippen MR) is 117 cm³/mol. The van der Waals surface area contributed by atoms with Crippen molar-refractivity contribution < 1.29 is 24.2 Å². The van der Waals surface area contributed by atoms with Crippen LogP contribution in [0.2, 0.25) is 0 Å². The highest BCUT2D eigenvalue weighted by molar-refractivity contribution is 5.89. The van der Waals surface area contributed by atoms with Crippen molar-refractivity contribution in [2.75, 3.05) is 6.61 Å². The third kappa shape index (κ3) is 4.87. The van der Waals surface area contributed by atoms with E-state index in [1.807, 2.05) is 50.2 Å². The summed E-state index contributed by atoms with van der Waals surface area (Å²) in [4.78, 5) is 36.1. The first kappa shape index (κ1) is 22.3. The Hall–Kier alpha value is -3.35. The molecule has 0 saturated carbocycles. The first-order valence-electron chi connectivity index (χ1n) is 10.5. The Labute approximate surface area is 181 Å². The van der Waals surface area contributed by atoms with E-state index >= 15 is 0 Å². The monoisotopic (exact) mass is 424 g/mol. The topological polar surface area (TPSA) is 105 Å². The number of amides is 2. The molecule has 1 aliphatic rings. The van der Waals surface area contributed by atoms with Gasteiger partial charge in [0.05, 0.1) is 0 Å². The van der Waals surface area contributed by atoms with Gasteiger partial charge < -0.3 is 20.5 Å². The predicted octanol–water partition coefficient (Wildman–Crippen LogP) is 3.53. The van der Waals surface area contributed by atoms with E-state index in [1.54, 1.807) is 0 Å². The van der Waals surface area contributed by atoms with E-state index in [0.717, 1.165) is 22.3 Å². The number of hydrogen-bond acceptors (Lipinski definition) is 4. The number of aliphatic carboxylic acids is 1. The van der Waals surface area contributed by atoms with Gasteiger partial charge in [-0.25, -0.2) is 4.79 Å². The number of hydrogen-bond donors (Lipinski definition) is 3. The maximum absolute atomic E-state index is 12.5. The van der Waals surface area contributed by atoms with E-state index < -0.39 is 30.1 Å². The molecule has 0 aromatic heterocycles. The van der Waals surface area contributed by atoms with Crippen LogP contribution in [-0.2, 0) is 14.3 Å². The van der Waals surface area contributed by atoms with Crippen LogP contribution in [0.25, 0.3) is 11.1 Å². The minimum atomic E-state index is -1.14. The fourth-order valence-corrected chi connectivity index (χ4v) is 3.83. The van der Waals surface area contributed by atoms with Crippen LogP contribution in [0.4, 0.5) is 4.79 Å². The third-order valence-corrected chi connectivity index (χ3v) is 5.84. The number of carboxylic acids is 1. The minimum absolute atomic E-state index is 0.0824. The Morgan fingerprint density at radius 2 is 1.52 bits per heavy atom. The van der Waals surface area contributed by atoms with Gasteiger partial charge in [0.15, 0.2) is 0 Å². The van der Waals surface area contributed by atoms with E-state index in [0.29, 0.717) is 6.42 Å². The number of ether oxygens (including phenoxy) is 1. The van der Waals surface area contributed by atoms with E-state index in [9.17, 15) is 14.4 Å². The molecule has 164 valence electrons. The summed E-state index contributed by atoms with van der Waals surface area (Å²) in [7, 11) is 0. The lowest BCUT2D eigenvalue weighted by atomic mass is 9.98. The van der Waals surface area contributed by atoms with Crippen LogP contribution in [0.1, 0.15) is 44.2 Å². The zero-order chi connectivity index (χ0) is 22.5. The maximum Gasteiger partial charge on any atom is 0.407 e. The summed E-state index contributed by atoms with van der Waals surface area (Å²) < 4.78 is 5.52. The van der Waals surface area contributed by atoms with Crippen molar-refractivity contribution >= 4 is 18.0 Å². The van der Waals surface area contributed by atoms with Crippen molar-refractivity contribution in [3.8, 4) is 11.1 Å². The number of carbonyl (C=O) groups excluding carboxylic acids is 2. The number of rotatable bonds is 8. The van der Waals surface area contributed by atoms with Crippen LogP contribution < -0.4 is 10.6 Å². The number of nitrogens with one attached hydrogen (secondary N) is 2. The second-order valence-electron chi connectivity index (χ2n) is 7.90. The van der Waals surface area contributed by atoms with Gasteiger partial charge in [-0.1, -0.05) is 68.8 Å². The van der Waals surface area contributed by atoms with Gasteiger partial charge >= 0.3 is 12.1 Å². The molecule has 2 amide bonds. The van der Waals surface area contributed by atoms with Crippen LogP contribution >= 0.6 is 0 Å². The molecule has 7 nitrogen and oxygen atoms in total. The van der Waals surface area contributed by atoms with Crippen LogP contribution in [0.3, 0.4) is 0 Å². The van der Waals surface area contributed by atoms with Gasteiger partial charge in [0, 0.05) is 5.92 Å². The summed E-state index contributed by atoms with van der Waals surface area (Å²) in [6.45, 7) is 5.23. The lowest BCUT2D eigenvalue weighted by Crippen LogP contribution is -2.53. The highest BCUT2D eigenvalue weighted by Crippen LogP contribution is 2.44. The van der Waals surface area contributed by atoms with Crippen LogP contribution in [-0.4, -0.2) is 41.8 Å². The molecule has 3 rings (SSSR count). The van der Waals surface area contributed by atoms with E-state index in [4.69, 9.17) is 9.84 Å². The quantitative estimate of drug-likeness (QED) is 0.601. The normalized spacial score (nSPS) is 15.2. The molecule has 2 aromatic rings. The van der Waals surface area contributed by atoms with Crippen molar-refractivity contribution in [1.29, 1.82) is 0 Å². The van der Waals surface area contributed by atoms with Gasteiger partial charge in [0.2, 0.25) is 5.91 Å². The molecule has 3 atom stereocenters. The van der Waals surface area contributed by atoms with Crippen molar-refractivity contribution in [2.45, 2.75) is 45.2 Å². The van der Waals surface area contributed by atoms with E-state index in [1.165, 1.54) is 6.92 Å². The highest BCUT2D eigenvalue weighted by atomic mass is 16.5. The average Bonchev–Trinajstić information content (AvgIpc) is 3.09. The Kier molecular flexibility index (Phi) is 6.95. The summed E-state index contributed by atoms with van der Waals surface area (Å²) in [5.74, 6) is -1.96. The Bertz CT molecular complexity index is 928. The van der Waals surface area contributed by atoms with Gasteiger partial charge in [-0.05, 0) is 35.1 Å². The fraction of sp³-hybridized carbons (Fsp3) is 0.375. The molecule has 2 aromatic carbocycles. The summed E-state index contributed by atoms with van der Waals surface area (Å²) >= 11 is 0. The van der Waals surface area contributed by atoms with E-state index in [-0.39, 0.29) is 18.4 Å². The first-order valence-corrected chi connectivity index (χ1v) is 10.5. The zero-order valence-corrected chi connectivity index (χ0v) is 17.9. The molecule has 0 saturated heterocycles. The maximum atomic E-state index is 12.5. The largest absolute Gasteiger partial charge is 0.480 e. The number of carboxylic acid groups (broad SMARTS) is 1. The molecule has 1 unspecified atom stereocenters. The molecule has 0 heterocycles. The molecular weight excluding hydrogens is 396 g/mol. The molecule has 1 aliphatic carbocycles. The van der Waals surface area contributed by atoms with Crippen LogP contribution in [0.5, 0.6) is 0 Å². The molecule has 0 fully saturated rings. The second-order valence-corrected chi connectivity index (χ2v) is 7.90. The molecule has 0 spiro atoms. The van der Waals surface area contributed by atoms with Crippen LogP contribution in [0, 0.1) is 5.92 Å². The number of benzene rings is 2. The molecule has 7 heteroatoms. The molecule has 0 bridgehead atoms. The lowest BCUT2D eigenvalue weighted by molar-refractivity contribution is -0.141. The van der Waals surface area contributed by atoms with Gasteiger partial charge in [-0.15, -0.1) is 0 Å². The second kappa shape index (κ2) is 9.64. The summed E-state index contributed by atoms with van der Waals surface area (Å²) in [5.41, 5.74) is 4.46. The van der Waals surface area contributed by atoms with Crippen molar-refractivity contribution in [2.24, 2.45) is 5.92 Å². The molecule has 3 N–H and O–H groups in total. The van der Waals surface area contributed by atoms with Gasteiger partial charge in [-0.2, -0.15) is 0 Å². The molecule has 31 heavy (non-hydrogen) atoms. The molecular formula is C24H28N2O5. The highest BCUT2D eigenvalue weighted by Gasteiger charge is 2.31. The van der Waals surface area contributed by atoms with Crippen molar-refractivity contribution in [3.05, 3.63) is 59.7 Å². The van der Waals surface area contributed by atoms with Gasteiger partial charge in [-0.3, -0.25) is 9.59 Å². The minimum Gasteiger partial charge on any atom is -0.480 e. The fourth-order valence-electron chi connectivity index (χ4n) is 3.83. The average molecular weight is 424 g/mol. The first-order chi connectivity index (χ1) is 14.8.